The molecule has 4 heterocycles. The molecule has 6 rings (SSSR count). The van der Waals surface area contributed by atoms with Crippen molar-refractivity contribution in [1.29, 1.82) is 0 Å². The number of pyridine rings is 2. The second-order valence-electron chi connectivity index (χ2n) is 12.8. The lowest BCUT2D eigenvalue weighted by Crippen LogP contribution is -2.50. The summed E-state index contributed by atoms with van der Waals surface area (Å²) in [5.41, 5.74) is 3.73. The zero-order valence-electron chi connectivity index (χ0n) is 26.2. The zero-order valence-corrected chi connectivity index (χ0v) is 26.2. The average Bonchev–Trinajstić information content (AvgIpc) is 3.56. The molecular formula is C34H39N7O4. The Kier molecular flexibility index (Phi) is 8.26. The minimum atomic E-state index is -0.517. The third-order valence-corrected chi connectivity index (χ3v) is 8.52. The minimum absolute atomic E-state index is 0.0598. The van der Waals surface area contributed by atoms with Crippen LogP contribution in [-0.4, -0.2) is 68.6 Å². The van der Waals surface area contributed by atoms with Crippen molar-refractivity contribution in [3.63, 3.8) is 0 Å². The molecule has 4 aromatic rings. The fraction of sp³-hybridized carbons (Fsp3) is 0.412. The number of carbonyl (C=O) groups excluding carboxylic acids is 2. The topological polar surface area (TPSA) is 123 Å². The molecule has 11 heteroatoms. The highest BCUT2D eigenvalue weighted by Crippen LogP contribution is 2.34. The second-order valence-corrected chi connectivity index (χ2v) is 12.8. The van der Waals surface area contributed by atoms with E-state index in [4.69, 9.17) is 9.72 Å². The van der Waals surface area contributed by atoms with E-state index >= 15 is 0 Å². The largest absolute Gasteiger partial charge is 0.444 e. The molecule has 1 saturated heterocycles. The van der Waals surface area contributed by atoms with Gasteiger partial charge in [0.05, 0.1) is 17.4 Å². The Morgan fingerprint density at radius 2 is 1.69 bits per heavy atom. The number of hydrogen-bond acceptors (Lipinski definition) is 9. The van der Waals surface area contributed by atoms with Gasteiger partial charge in [0.1, 0.15) is 23.4 Å². The quantitative estimate of drug-likeness (QED) is 0.267. The van der Waals surface area contributed by atoms with Crippen LogP contribution >= 0.6 is 0 Å². The van der Waals surface area contributed by atoms with Gasteiger partial charge < -0.3 is 19.9 Å². The van der Waals surface area contributed by atoms with Gasteiger partial charge in [0.2, 0.25) is 5.95 Å². The first-order valence-corrected chi connectivity index (χ1v) is 15.5. The summed E-state index contributed by atoms with van der Waals surface area (Å²) in [6.45, 7) is 10.1. The van der Waals surface area contributed by atoms with Gasteiger partial charge in [-0.1, -0.05) is 37.1 Å². The Hall–Kier alpha value is -4.80. The summed E-state index contributed by atoms with van der Waals surface area (Å²) in [5.74, 6) is 0.950. The molecule has 1 aliphatic heterocycles. The van der Waals surface area contributed by atoms with Crippen LogP contribution in [0, 0.1) is 6.92 Å². The van der Waals surface area contributed by atoms with Crippen LogP contribution in [0.25, 0.3) is 22.2 Å². The molecular weight excluding hydrogens is 570 g/mol. The first-order valence-electron chi connectivity index (χ1n) is 15.5. The number of nitrogens with zero attached hydrogens (tertiary/aromatic N) is 6. The molecule has 0 radical (unpaired) electrons. The van der Waals surface area contributed by atoms with E-state index in [1.54, 1.807) is 29.4 Å². The summed E-state index contributed by atoms with van der Waals surface area (Å²) >= 11 is 0. The second kappa shape index (κ2) is 12.3. The van der Waals surface area contributed by atoms with Crippen LogP contribution in [0.4, 0.5) is 22.2 Å². The molecule has 0 unspecified atom stereocenters. The van der Waals surface area contributed by atoms with E-state index in [0.717, 1.165) is 54.2 Å². The van der Waals surface area contributed by atoms with Crippen molar-refractivity contribution in [1.82, 2.24) is 24.4 Å². The van der Waals surface area contributed by atoms with Gasteiger partial charge in [0.15, 0.2) is 0 Å². The third-order valence-electron chi connectivity index (χ3n) is 8.52. The molecule has 0 atom stereocenters. The van der Waals surface area contributed by atoms with E-state index in [1.165, 1.54) is 0 Å². The summed E-state index contributed by atoms with van der Waals surface area (Å²) in [7, 11) is 0. The van der Waals surface area contributed by atoms with Crippen LogP contribution in [0.2, 0.25) is 0 Å². The maximum absolute atomic E-state index is 14.1. The summed E-state index contributed by atoms with van der Waals surface area (Å²) in [6.07, 6.45) is 8.06. The Morgan fingerprint density at radius 1 is 0.978 bits per heavy atom. The fourth-order valence-electron chi connectivity index (χ4n) is 6.20. The van der Waals surface area contributed by atoms with E-state index in [1.807, 2.05) is 56.5 Å². The summed E-state index contributed by atoms with van der Waals surface area (Å²) in [5, 5.41) is 4.03. The van der Waals surface area contributed by atoms with Crippen molar-refractivity contribution < 1.29 is 14.3 Å². The van der Waals surface area contributed by atoms with Crippen molar-refractivity contribution in [2.75, 3.05) is 36.4 Å². The molecule has 234 valence electrons. The van der Waals surface area contributed by atoms with Crippen LogP contribution in [0.1, 0.15) is 68.4 Å². The number of piperazine rings is 1. The molecule has 2 aliphatic rings. The molecule has 0 spiro atoms. The predicted octanol–water partition coefficient (Wildman–Crippen LogP) is 5.89. The van der Waals surface area contributed by atoms with Crippen molar-refractivity contribution in [3.05, 3.63) is 70.3 Å². The van der Waals surface area contributed by atoms with E-state index in [2.05, 4.69) is 20.2 Å². The number of anilines is 3. The number of hydrogen-bond donors (Lipinski definition) is 1. The Bertz CT molecular complexity index is 1760. The highest BCUT2D eigenvalue weighted by atomic mass is 16.6. The molecule has 45 heavy (non-hydrogen) atoms. The smallest absolute Gasteiger partial charge is 0.410 e. The maximum atomic E-state index is 14.1. The monoisotopic (exact) mass is 609 g/mol. The number of amides is 1. The zero-order chi connectivity index (χ0) is 31.7. The van der Waals surface area contributed by atoms with Crippen molar-refractivity contribution in [2.45, 2.75) is 65.0 Å². The Morgan fingerprint density at radius 3 is 2.31 bits per heavy atom. The third kappa shape index (κ3) is 6.38. The SMILES string of the molecule is Cc1c(-c2ccc(C=O)cc2)c(=O)n(C2CCCC2)c2nc(Nc3ccc(N4CCN(C(=O)OC(C)(C)C)CC4)cn3)ncc12. The van der Waals surface area contributed by atoms with Crippen LogP contribution in [-0.2, 0) is 4.74 Å². The van der Waals surface area contributed by atoms with Crippen LogP contribution < -0.4 is 15.8 Å². The average molecular weight is 610 g/mol. The van der Waals surface area contributed by atoms with E-state index in [0.29, 0.717) is 54.7 Å². The number of aldehydes is 1. The first kappa shape index (κ1) is 30.2. The lowest BCUT2D eigenvalue weighted by Gasteiger charge is -2.36. The molecule has 1 amide bonds. The van der Waals surface area contributed by atoms with Gasteiger partial charge in [-0.15, -0.1) is 0 Å². The maximum Gasteiger partial charge on any atom is 0.410 e. The molecule has 1 aliphatic carbocycles. The fourth-order valence-corrected chi connectivity index (χ4v) is 6.20. The lowest BCUT2D eigenvalue weighted by atomic mass is 9.98. The molecule has 1 aromatic carbocycles. The Labute approximate surface area is 262 Å². The normalized spacial score (nSPS) is 15.8. The van der Waals surface area contributed by atoms with Gasteiger partial charge in [-0.05, 0) is 63.8 Å². The first-order chi connectivity index (χ1) is 21.6. The van der Waals surface area contributed by atoms with Crippen molar-refractivity contribution >= 4 is 40.9 Å². The van der Waals surface area contributed by atoms with Crippen LogP contribution in [0.15, 0.2) is 53.6 Å². The van der Waals surface area contributed by atoms with Gasteiger partial charge in [-0.2, -0.15) is 4.98 Å². The van der Waals surface area contributed by atoms with E-state index in [9.17, 15) is 14.4 Å². The van der Waals surface area contributed by atoms with Crippen LogP contribution in [0.3, 0.4) is 0 Å². The molecule has 11 nitrogen and oxygen atoms in total. The van der Waals surface area contributed by atoms with E-state index < -0.39 is 5.60 Å². The molecule has 1 N–H and O–H groups in total. The van der Waals surface area contributed by atoms with Crippen LogP contribution in [0.5, 0.6) is 0 Å². The summed E-state index contributed by atoms with van der Waals surface area (Å²) in [6, 6.07) is 11.0. The molecule has 1 saturated carbocycles. The molecule has 0 bridgehead atoms. The predicted molar refractivity (Wildman–Crippen MR) is 174 cm³/mol. The number of benzene rings is 1. The standard InChI is InChI=1S/C34H39N7O4/c1-22-27-20-36-32(37-28-14-13-26(19-35-28)39-15-17-40(18-16-39)33(44)45-34(2,3)4)38-30(27)41(25-7-5-6-8-25)31(43)29(22)24-11-9-23(21-42)10-12-24/h9-14,19-21,25H,5-8,15-18H2,1-4H3,(H,35,36,37,38). The number of carbonyl (C=O) groups is 2. The lowest BCUT2D eigenvalue weighted by molar-refractivity contribution is 0.0240. The number of ether oxygens (including phenoxy) is 1. The van der Waals surface area contributed by atoms with E-state index in [-0.39, 0.29) is 17.7 Å². The van der Waals surface area contributed by atoms with Gasteiger partial charge in [-0.3, -0.25) is 14.2 Å². The van der Waals surface area contributed by atoms with Crippen molar-refractivity contribution in [2.24, 2.45) is 0 Å². The van der Waals surface area contributed by atoms with Gasteiger partial charge in [0.25, 0.3) is 5.56 Å². The van der Waals surface area contributed by atoms with Gasteiger partial charge >= 0.3 is 6.09 Å². The number of fused-ring (bicyclic) bond motifs is 1. The summed E-state index contributed by atoms with van der Waals surface area (Å²) in [4.78, 5) is 55.7. The highest BCUT2D eigenvalue weighted by molar-refractivity contribution is 5.87. The number of aryl methyl sites for hydroxylation is 1. The van der Waals surface area contributed by atoms with Gasteiger partial charge in [0, 0.05) is 49.4 Å². The molecule has 3 aromatic heterocycles. The number of aromatic nitrogens is 4. The van der Waals surface area contributed by atoms with Crippen molar-refractivity contribution in [3.8, 4) is 11.1 Å². The number of rotatable bonds is 6. The Balaban J connectivity index is 1.23. The van der Waals surface area contributed by atoms with Gasteiger partial charge in [-0.25, -0.2) is 14.8 Å². The molecule has 2 fully saturated rings. The number of nitrogens with one attached hydrogen (secondary N) is 1. The highest BCUT2D eigenvalue weighted by Gasteiger charge is 2.27. The minimum Gasteiger partial charge on any atom is -0.444 e. The summed E-state index contributed by atoms with van der Waals surface area (Å²) < 4.78 is 7.35.